The Kier molecular flexibility index (Phi) is 6.26. The minimum atomic E-state index is -0.159. The molecule has 35 heavy (non-hydrogen) atoms. The highest BCUT2D eigenvalue weighted by molar-refractivity contribution is 7.71. The largest absolute Gasteiger partial charge is 0.365 e. The standard InChI is InChI=1S/C28H28N4O2S/c1-19-7-11-22(12-8-19)31-16-15-30(18-20(31)2)26(33)17-21-9-13-23(14-10-21)32-27(34)24-5-3-4-6-25(24)29-28(32)35/h3-14,20H,15-18H2,1-2H3,(H,29,35). The summed E-state index contributed by atoms with van der Waals surface area (Å²) in [6.45, 7) is 6.48. The number of aromatic nitrogens is 2. The Morgan fingerprint density at radius 1 is 0.971 bits per heavy atom. The lowest BCUT2D eigenvalue weighted by Gasteiger charge is -2.41. The van der Waals surface area contributed by atoms with Gasteiger partial charge in [-0.3, -0.25) is 14.2 Å². The molecule has 2 heterocycles. The summed E-state index contributed by atoms with van der Waals surface area (Å²) >= 11 is 5.44. The third kappa shape index (κ3) is 4.64. The number of fused-ring (bicyclic) bond motifs is 1. The first-order chi connectivity index (χ1) is 16.9. The lowest BCUT2D eigenvalue weighted by Crippen LogP contribution is -2.54. The molecule has 1 atom stereocenters. The first kappa shape index (κ1) is 23.1. The Morgan fingerprint density at radius 2 is 1.66 bits per heavy atom. The first-order valence-electron chi connectivity index (χ1n) is 11.9. The second kappa shape index (κ2) is 9.50. The minimum Gasteiger partial charge on any atom is -0.365 e. The van der Waals surface area contributed by atoms with Crippen molar-refractivity contribution in [2.75, 3.05) is 24.5 Å². The van der Waals surface area contributed by atoms with Crippen LogP contribution >= 0.6 is 12.2 Å². The molecule has 0 radical (unpaired) electrons. The number of H-pyrrole nitrogens is 1. The maximum absolute atomic E-state index is 13.0. The monoisotopic (exact) mass is 484 g/mol. The van der Waals surface area contributed by atoms with Gasteiger partial charge >= 0.3 is 0 Å². The third-order valence-electron chi connectivity index (χ3n) is 6.70. The van der Waals surface area contributed by atoms with Crippen molar-refractivity contribution in [3.63, 3.8) is 0 Å². The van der Waals surface area contributed by atoms with Gasteiger partial charge in [0.1, 0.15) is 0 Å². The normalized spacial score (nSPS) is 16.0. The highest BCUT2D eigenvalue weighted by Crippen LogP contribution is 2.22. The quantitative estimate of drug-likeness (QED) is 0.429. The summed E-state index contributed by atoms with van der Waals surface area (Å²) < 4.78 is 1.84. The van der Waals surface area contributed by atoms with Crippen molar-refractivity contribution < 1.29 is 4.79 Å². The van der Waals surface area contributed by atoms with Crippen LogP contribution in [0.5, 0.6) is 0 Å². The number of nitrogens with one attached hydrogen (secondary N) is 1. The second-order valence-electron chi connectivity index (χ2n) is 9.18. The zero-order valence-electron chi connectivity index (χ0n) is 19.9. The molecule has 4 aromatic rings. The molecule has 5 rings (SSSR count). The van der Waals surface area contributed by atoms with Crippen molar-refractivity contribution in [1.82, 2.24) is 14.5 Å². The van der Waals surface area contributed by atoms with E-state index >= 15 is 0 Å². The fraction of sp³-hybridized carbons (Fsp3) is 0.250. The number of hydrogen-bond donors (Lipinski definition) is 1. The number of carbonyl (C=O) groups is 1. The van der Waals surface area contributed by atoms with Crippen LogP contribution in [0.4, 0.5) is 5.69 Å². The van der Waals surface area contributed by atoms with Gasteiger partial charge in [0.2, 0.25) is 5.91 Å². The average molecular weight is 485 g/mol. The van der Waals surface area contributed by atoms with Gasteiger partial charge in [0, 0.05) is 31.4 Å². The van der Waals surface area contributed by atoms with E-state index in [-0.39, 0.29) is 17.5 Å². The number of benzene rings is 3. The van der Waals surface area contributed by atoms with Crippen LogP contribution < -0.4 is 10.5 Å². The van der Waals surface area contributed by atoms with E-state index < -0.39 is 0 Å². The number of hydrogen-bond acceptors (Lipinski definition) is 4. The van der Waals surface area contributed by atoms with Gasteiger partial charge < -0.3 is 14.8 Å². The van der Waals surface area contributed by atoms with E-state index in [4.69, 9.17) is 12.2 Å². The number of aromatic amines is 1. The SMILES string of the molecule is Cc1ccc(N2CCN(C(=O)Cc3ccc(-n4c(=S)[nH]c5ccccc5c4=O)cc3)CC2C)cc1. The van der Waals surface area contributed by atoms with Gasteiger partial charge in [-0.15, -0.1) is 0 Å². The lowest BCUT2D eigenvalue weighted by atomic mass is 10.1. The molecule has 3 aromatic carbocycles. The summed E-state index contributed by atoms with van der Waals surface area (Å²) in [5.41, 5.74) is 4.60. The zero-order chi connectivity index (χ0) is 24.5. The van der Waals surface area contributed by atoms with E-state index in [0.29, 0.717) is 35.4 Å². The van der Waals surface area contributed by atoms with Crippen molar-refractivity contribution in [2.24, 2.45) is 0 Å². The van der Waals surface area contributed by atoms with Crippen LogP contribution in [0.3, 0.4) is 0 Å². The third-order valence-corrected chi connectivity index (χ3v) is 6.99. The van der Waals surface area contributed by atoms with Gasteiger partial charge in [0.05, 0.1) is 23.0 Å². The molecule has 7 heteroatoms. The Balaban J connectivity index is 1.28. The van der Waals surface area contributed by atoms with Crippen LogP contribution in [0.15, 0.2) is 77.6 Å². The maximum atomic E-state index is 13.0. The van der Waals surface area contributed by atoms with Crippen LogP contribution in [0, 0.1) is 11.7 Å². The molecule has 178 valence electrons. The van der Waals surface area contributed by atoms with Crippen molar-refractivity contribution in [3.8, 4) is 5.69 Å². The zero-order valence-corrected chi connectivity index (χ0v) is 20.7. The Morgan fingerprint density at radius 3 is 2.37 bits per heavy atom. The van der Waals surface area contributed by atoms with Gasteiger partial charge in [-0.1, -0.05) is 42.0 Å². The lowest BCUT2D eigenvalue weighted by molar-refractivity contribution is -0.131. The van der Waals surface area contributed by atoms with E-state index in [1.54, 1.807) is 6.07 Å². The van der Waals surface area contributed by atoms with Crippen LogP contribution in [0.25, 0.3) is 16.6 Å². The number of anilines is 1. The van der Waals surface area contributed by atoms with Crippen LogP contribution in [0.2, 0.25) is 0 Å². The molecule has 0 saturated carbocycles. The van der Waals surface area contributed by atoms with E-state index in [9.17, 15) is 9.59 Å². The Labute approximate surface area is 209 Å². The Hall–Kier alpha value is -3.71. The molecular formula is C28H28N4O2S. The van der Waals surface area contributed by atoms with Crippen LogP contribution in [-0.4, -0.2) is 46.0 Å². The molecule has 1 saturated heterocycles. The molecule has 6 nitrogen and oxygen atoms in total. The van der Waals surface area contributed by atoms with E-state index in [0.717, 1.165) is 17.6 Å². The van der Waals surface area contributed by atoms with Gasteiger partial charge in [-0.25, -0.2) is 0 Å². The molecule has 1 aliphatic rings. The molecule has 0 aliphatic carbocycles. The maximum Gasteiger partial charge on any atom is 0.266 e. The highest BCUT2D eigenvalue weighted by atomic mass is 32.1. The van der Waals surface area contributed by atoms with Crippen molar-refractivity contribution in [3.05, 3.63) is 99.0 Å². The predicted molar refractivity (Wildman–Crippen MR) is 143 cm³/mol. The first-order valence-corrected chi connectivity index (χ1v) is 12.3. The fourth-order valence-corrected chi connectivity index (χ4v) is 5.05. The number of para-hydroxylation sites is 1. The van der Waals surface area contributed by atoms with E-state index in [1.807, 2.05) is 47.4 Å². The number of amides is 1. The van der Waals surface area contributed by atoms with Crippen LogP contribution in [-0.2, 0) is 11.2 Å². The van der Waals surface area contributed by atoms with E-state index in [1.165, 1.54) is 15.8 Å². The molecule has 1 amide bonds. The van der Waals surface area contributed by atoms with Crippen LogP contribution in [0.1, 0.15) is 18.1 Å². The second-order valence-corrected chi connectivity index (χ2v) is 9.56. The molecule has 0 bridgehead atoms. The molecule has 1 aliphatic heterocycles. The number of aryl methyl sites for hydroxylation is 1. The predicted octanol–water partition coefficient (Wildman–Crippen LogP) is 4.64. The van der Waals surface area contributed by atoms with Crippen molar-refractivity contribution in [2.45, 2.75) is 26.3 Å². The number of rotatable bonds is 4. The molecule has 1 unspecified atom stereocenters. The molecular weight excluding hydrogens is 456 g/mol. The van der Waals surface area contributed by atoms with Gasteiger partial charge in [0.25, 0.3) is 5.56 Å². The molecule has 0 spiro atoms. The topological polar surface area (TPSA) is 61.3 Å². The van der Waals surface area contributed by atoms with Crippen molar-refractivity contribution in [1.29, 1.82) is 0 Å². The summed E-state index contributed by atoms with van der Waals surface area (Å²) in [4.78, 5) is 33.5. The summed E-state index contributed by atoms with van der Waals surface area (Å²) in [6.07, 6.45) is 0.330. The molecule has 1 aromatic heterocycles. The van der Waals surface area contributed by atoms with Gasteiger partial charge in [0.15, 0.2) is 4.77 Å². The fourth-order valence-electron chi connectivity index (χ4n) is 4.75. The van der Waals surface area contributed by atoms with Gasteiger partial charge in [-0.2, -0.15) is 0 Å². The summed E-state index contributed by atoms with van der Waals surface area (Å²) in [5.74, 6) is 0.119. The smallest absolute Gasteiger partial charge is 0.266 e. The van der Waals surface area contributed by atoms with Crippen molar-refractivity contribution >= 4 is 34.7 Å². The number of piperazine rings is 1. The minimum absolute atomic E-state index is 0.119. The number of nitrogens with zero attached hydrogens (tertiary/aromatic N) is 3. The van der Waals surface area contributed by atoms with E-state index in [2.05, 4.69) is 48.0 Å². The summed E-state index contributed by atoms with van der Waals surface area (Å²) in [6, 6.07) is 23.6. The molecule has 1 fully saturated rings. The molecule has 1 N–H and O–H groups in total. The summed E-state index contributed by atoms with van der Waals surface area (Å²) in [5, 5.41) is 0.583. The Bertz CT molecular complexity index is 1490. The summed E-state index contributed by atoms with van der Waals surface area (Å²) in [7, 11) is 0. The number of carbonyl (C=O) groups excluding carboxylic acids is 1. The highest BCUT2D eigenvalue weighted by Gasteiger charge is 2.26. The van der Waals surface area contributed by atoms with Gasteiger partial charge in [-0.05, 0) is 68.0 Å². The average Bonchev–Trinajstić information content (AvgIpc) is 2.85.